The third kappa shape index (κ3) is 9.52. The number of benzene rings is 2. The Morgan fingerprint density at radius 3 is 1.84 bits per heavy atom. The van der Waals surface area contributed by atoms with Crippen molar-refractivity contribution < 1.29 is 28.5 Å². The zero-order chi connectivity index (χ0) is 37.8. The quantitative estimate of drug-likeness (QED) is 0.107. The molecule has 12 heteroatoms. The van der Waals surface area contributed by atoms with E-state index in [4.69, 9.17) is 14.5 Å². The van der Waals surface area contributed by atoms with Crippen LogP contribution in [0.1, 0.15) is 90.6 Å². The first-order valence-corrected chi connectivity index (χ1v) is 18.9. The van der Waals surface area contributed by atoms with Gasteiger partial charge in [0.25, 0.3) is 0 Å². The number of halogens is 2. The molecule has 3 unspecified atom stereocenters. The van der Waals surface area contributed by atoms with E-state index in [1.54, 1.807) is 54.3 Å². The zero-order valence-electron chi connectivity index (χ0n) is 31.6. The third-order valence-corrected chi connectivity index (χ3v) is 11.3. The van der Waals surface area contributed by atoms with Gasteiger partial charge in [-0.1, -0.05) is 19.1 Å². The Hall–Kier alpha value is -3.00. The zero-order valence-corrected chi connectivity index (χ0v) is 33.2. The second-order valence-corrected chi connectivity index (χ2v) is 16.7. The first-order chi connectivity index (χ1) is 23.9. The number of nitrogens with zero attached hydrogens (tertiary/aromatic N) is 4. The van der Waals surface area contributed by atoms with Crippen LogP contribution >= 0.6 is 22.7 Å². The minimum atomic E-state index is -1.73. The van der Waals surface area contributed by atoms with Crippen molar-refractivity contribution in [1.82, 2.24) is 19.8 Å². The molecule has 8 nitrogen and oxygen atoms in total. The van der Waals surface area contributed by atoms with Crippen LogP contribution in [-0.2, 0) is 24.0 Å². The molecule has 0 saturated heterocycles. The van der Waals surface area contributed by atoms with Gasteiger partial charge in [0, 0.05) is 40.3 Å². The highest BCUT2D eigenvalue weighted by Gasteiger charge is 2.49. The minimum Gasteiger partial charge on any atom is -0.496 e. The lowest BCUT2D eigenvalue weighted by Gasteiger charge is -2.40. The Morgan fingerprint density at radius 1 is 0.824 bits per heavy atom. The first-order valence-electron chi connectivity index (χ1n) is 17.2. The van der Waals surface area contributed by atoms with Crippen molar-refractivity contribution in [1.29, 1.82) is 0 Å². The Balaban J connectivity index is 1.93. The molecule has 2 N–H and O–H groups in total. The van der Waals surface area contributed by atoms with Crippen molar-refractivity contribution >= 4 is 22.7 Å². The minimum absolute atomic E-state index is 0.181. The van der Waals surface area contributed by atoms with Crippen LogP contribution in [-0.4, -0.2) is 89.8 Å². The number of aliphatic hydroxyl groups is 2. The summed E-state index contributed by atoms with van der Waals surface area (Å²) in [5.74, 6) is 0.955. The van der Waals surface area contributed by atoms with Gasteiger partial charge >= 0.3 is 0 Å². The molecule has 0 amide bonds. The number of likely N-dealkylation sites (N-methyl/N-ethyl adjacent to an activating group) is 2. The average Bonchev–Trinajstić information content (AvgIpc) is 3.79. The molecule has 0 bridgehead atoms. The number of aryl methyl sites for hydroxylation is 2. The van der Waals surface area contributed by atoms with E-state index < -0.39 is 28.6 Å². The highest BCUT2D eigenvalue weighted by atomic mass is 32.1. The van der Waals surface area contributed by atoms with Crippen molar-refractivity contribution in [3.8, 4) is 11.5 Å². The predicted octanol–water partition coefficient (Wildman–Crippen LogP) is 7.70. The second kappa shape index (κ2) is 16.3. The fraction of sp³-hybridized carbons (Fsp3) is 0.538. The average molecular weight is 745 g/mol. The molecule has 2 heterocycles. The molecule has 2 aromatic carbocycles. The van der Waals surface area contributed by atoms with E-state index in [1.807, 2.05) is 79.6 Å². The Bertz CT molecular complexity index is 1720. The Morgan fingerprint density at radius 2 is 1.37 bits per heavy atom. The van der Waals surface area contributed by atoms with Gasteiger partial charge in [-0.05, 0) is 116 Å². The highest BCUT2D eigenvalue weighted by molar-refractivity contribution is 7.12. The molecule has 51 heavy (non-hydrogen) atoms. The van der Waals surface area contributed by atoms with Crippen LogP contribution in [0.3, 0.4) is 0 Å². The van der Waals surface area contributed by atoms with Gasteiger partial charge in [-0.2, -0.15) is 0 Å². The summed E-state index contributed by atoms with van der Waals surface area (Å²) >= 11 is 2.63. The molecule has 0 aliphatic rings. The van der Waals surface area contributed by atoms with Crippen molar-refractivity contribution in [2.24, 2.45) is 0 Å². The van der Waals surface area contributed by atoms with Crippen LogP contribution in [0.2, 0.25) is 0 Å². The number of aromatic nitrogens is 2. The maximum Gasteiger partial charge on any atom is 0.165 e. The molecule has 0 aliphatic heterocycles. The van der Waals surface area contributed by atoms with Crippen molar-refractivity contribution in [3.63, 3.8) is 0 Å². The van der Waals surface area contributed by atoms with Crippen LogP contribution in [0, 0.1) is 0 Å². The fourth-order valence-corrected chi connectivity index (χ4v) is 8.38. The summed E-state index contributed by atoms with van der Waals surface area (Å²) in [5, 5.41) is 28.7. The molecule has 0 aliphatic carbocycles. The van der Waals surface area contributed by atoms with E-state index in [2.05, 4.69) is 4.98 Å². The van der Waals surface area contributed by atoms with E-state index in [-0.39, 0.29) is 6.54 Å². The fourth-order valence-electron chi connectivity index (χ4n) is 6.37. The largest absolute Gasteiger partial charge is 0.496 e. The summed E-state index contributed by atoms with van der Waals surface area (Å²) in [7, 11) is 8.80. The maximum absolute atomic E-state index is 14.6. The lowest BCUT2D eigenvalue weighted by Crippen LogP contribution is -2.43. The van der Waals surface area contributed by atoms with Gasteiger partial charge in [-0.15, -0.1) is 22.7 Å². The van der Waals surface area contributed by atoms with E-state index in [9.17, 15) is 19.0 Å². The number of hydrogen-bond acceptors (Lipinski definition) is 10. The van der Waals surface area contributed by atoms with Crippen LogP contribution in [0.4, 0.5) is 8.78 Å². The monoisotopic (exact) mass is 744 g/mol. The molecule has 4 rings (SSSR count). The summed E-state index contributed by atoms with van der Waals surface area (Å²) in [6.45, 7) is 8.99. The summed E-state index contributed by atoms with van der Waals surface area (Å²) < 4.78 is 40.7. The number of hydrogen-bond donors (Lipinski definition) is 2. The summed E-state index contributed by atoms with van der Waals surface area (Å²) in [4.78, 5) is 14.1. The van der Waals surface area contributed by atoms with Crippen LogP contribution < -0.4 is 9.47 Å². The topological polar surface area (TPSA) is 91.2 Å². The SMILES string of the molecule is CCN(C)C(c1cnc(C(O)(CN(C)C)c2cc(CCC(C)(C)F)ccc2OC)s1)C(O)(c1nccs1)c1cc(CCC(C)(C)F)ccc1OC. The molecule has 0 radical (unpaired) electrons. The van der Waals surface area contributed by atoms with Gasteiger partial charge in [0.2, 0.25) is 0 Å². The molecule has 0 fully saturated rings. The third-order valence-electron chi connectivity index (χ3n) is 9.19. The second-order valence-electron chi connectivity index (χ2n) is 14.8. The Labute approximate surface area is 310 Å². The summed E-state index contributed by atoms with van der Waals surface area (Å²) in [6, 6.07) is 10.5. The number of ether oxygens (including phenoxy) is 2. The van der Waals surface area contributed by atoms with Crippen molar-refractivity contribution in [2.75, 3.05) is 48.5 Å². The van der Waals surface area contributed by atoms with Gasteiger partial charge in [0.1, 0.15) is 32.9 Å². The lowest BCUT2D eigenvalue weighted by atomic mass is 9.83. The van der Waals surface area contributed by atoms with E-state index in [0.717, 1.165) is 11.1 Å². The molecule has 0 saturated carbocycles. The molecular weight excluding hydrogens is 691 g/mol. The Kier molecular flexibility index (Phi) is 13.1. The highest BCUT2D eigenvalue weighted by Crippen LogP contribution is 2.50. The normalized spacial score (nSPS) is 15.5. The summed E-state index contributed by atoms with van der Waals surface area (Å²) in [6.07, 6.45) is 4.95. The van der Waals surface area contributed by atoms with Crippen molar-refractivity contribution in [2.45, 2.75) is 88.9 Å². The molecular formula is C39H54F2N4O4S2. The molecule has 280 valence electrons. The summed E-state index contributed by atoms with van der Waals surface area (Å²) in [5.41, 5.74) is -3.29. The van der Waals surface area contributed by atoms with Crippen LogP contribution in [0.5, 0.6) is 11.5 Å². The molecule has 4 aromatic rings. The van der Waals surface area contributed by atoms with Gasteiger partial charge in [-0.3, -0.25) is 4.90 Å². The predicted molar refractivity (Wildman–Crippen MR) is 203 cm³/mol. The van der Waals surface area contributed by atoms with Gasteiger partial charge in [0.05, 0.1) is 20.3 Å². The van der Waals surface area contributed by atoms with Gasteiger partial charge in [-0.25, -0.2) is 18.7 Å². The molecule has 3 atom stereocenters. The van der Waals surface area contributed by atoms with E-state index in [1.165, 1.54) is 22.7 Å². The van der Waals surface area contributed by atoms with Crippen molar-refractivity contribution in [3.05, 3.63) is 91.3 Å². The van der Waals surface area contributed by atoms with Gasteiger partial charge in [0.15, 0.2) is 11.2 Å². The lowest BCUT2D eigenvalue weighted by molar-refractivity contribution is -0.0122. The van der Waals surface area contributed by atoms with E-state index >= 15 is 0 Å². The number of rotatable bonds is 18. The van der Waals surface area contributed by atoms with Crippen LogP contribution in [0.15, 0.2) is 54.2 Å². The van der Waals surface area contributed by atoms with Gasteiger partial charge < -0.3 is 24.6 Å². The van der Waals surface area contributed by atoms with E-state index in [0.29, 0.717) is 69.7 Å². The molecule has 2 aromatic heterocycles. The smallest absolute Gasteiger partial charge is 0.165 e. The standard InChI is InChI=1S/C39H54F2N4O4S2/c1-11-45(8)33(39(47,35-42-20-21-50-35)29-23-27(13-15-31(29)49-10)17-19-37(4,5)41)32-24-43-34(51-32)38(46,25-44(6)7)28-22-26(12-14-30(28)48-9)16-18-36(2,3)40/h12-15,20-24,33,46-47H,11,16-19,25H2,1-10H3. The number of methoxy groups -OCH3 is 2. The number of thiazole rings is 2. The molecule has 0 spiro atoms. The van der Waals surface area contributed by atoms with Crippen LogP contribution in [0.25, 0.3) is 0 Å². The first kappa shape index (κ1) is 40.8. The maximum atomic E-state index is 14.6. The number of alkyl halides is 2.